The van der Waals surface area contributed by atoms with Crippen molar-refractivity contribution >= 4 is 29.3 Å². The average Bonchev–Trinajstić information content (AvgIpc) is 3.02. The Bertz CT molecular complexity index is 725. The van der Waals surface area contributed by atoms with E-state index in [1.807, 2.05) is 24.3 Å². The van der Waals surface area contributed by atoms with Gasteiger partial charge in [-0.3, -0.25) is 9.48 Å². The Morgan fingerprint density at radius 2 is 2.00 bits per heavy atom. The lowest BCUT2D eigenvalue weighted by atomic mass is 10.1. The molecule has 0 saturated heterocycles. The maximum Gasteiger partial charge on any atom is 0.331 e. The first-order chi connectivity index (χ1) is 11.3. The summed E-state index contributed by atoms with van der Waals surface area (Å²) in [4.78, 5) is 24.1. The van der Waals surface area contributed by atoms with E-state index < -0.39 is 11.5 Å². The summed E-state index contributed by atoms with van der Waals surface area (Å²) < 4.78 is 6.39. The molecule has 0 aliphatic carbocycles. The number of carbonyl (C=O) groups excluding carboxylic acids is 1. The number of amides is 1. The van der Waals surface area contributed by atoms with Gasteiger partial charge in [-0.25, -0.2) is 4.79 Å². The summed E-state index contributed by atoms with van der Waals surface area (Å²) >= 11 is 1.40. The number of rotatable bonds is 7. The number of aliphatic carboxylic acids is 1. The number of methoxy groups -OCH3 is 1. The third-order valence-electron chi connectivity index (χ3n) is 3.39. The first-order valence-electron chi connectivity index (χ1n) is 7.18. The van der Waals surface area contributed by atoms with E-state index in [0.717, 1.165) is 10.6 Å². The molecule has 0 spiro atoms. The molecule has 2 aromatic rings. The second kappa shape index (κ2) is 7.39. The number of carbonyl (C=O) groups is 2. The van der Waals surface area contributed by atoms with Gasteiger partial charge >= 0.3 is 5.97 Å². The van der Waals surface area contributed by atoms with Gasteiger partial charge in [-0.15, -0.1) is 11.8 Å². The maximum absolute atomic E-state index is 12.0. The van der Waals surface area contributed by atoms with E-state index in [4.69, 9.17) is 4.74 Å². The molecule has 0 saturated carbocycles. The molecule has 1 aromatic carbocycles. The lowest BCUT2D eigenvalue weighted by Crippen LogP contribution is -2.35. The zero-order chi connectivity index (χ0) is 17.7. The number of hydrogen-bond acceptors (Lipinski definition) is 5. The van der Waals surface area contributed by atoms with Crippen molar-refractivity contribution < 1.29 is 19.4 Å². The number of nitrogens with zero attached hydrogens (tertiary/aromatic N) is 2. The van der Waals surface area contributed by atoms with Crippen LogP contribution in [-0.4, -0.2) is 39.6 Å². The van der Waals surface area contributed by atoms with Gasteiger partial charge in [-0.05, 0) is 38.1 Å². The van der Waals surface area contributed by atoms with Crippen LogP contribution in [0.3, 0.4) is 0 Å². The number of carboxylic acid groups (broad SMARTS) is 1. The van der Waals surface area contributed by atoms with Crippen LogP contribution in [-0.2, 0) is 15.1 Å². The fourth-order valence-corrected chi connectivity index (χ4v) is 2.51. The zero-order valence-electron chi connectivity index (χ0n) is 13.6. The van der Waals surface area contributed by atoms with Crippen molar-refractivity contribution in [1.29, 1.82) is 0 Å². The Morgan fingerprint density at radius 3 is 2.58 bits per heavy atom. The van der Waals surface area contributed by atoms with E-state index in [9.17, 15) is 14.7 Å². The van der Waals surface area contributed by atoms with Gasteiger partial charge < -0.3 is 15.2 Å². The molecule has 0 bridgehead atoms. The van der Waals surface area contributed by atoms with E-state index in [0.29, 0.717) is 5.69 Å². The second-order valence-corrected chi connectivity index (χ2v) is 6.60. The molecule has 1 heterocycles. The van der Waals surface area contributed by atoms with E-state index in [1.165, 1.54) is 42.7 Å². The Labute approximate surface area is 144 Å². The summed E-state index contributed by atoms with van der Waals surface area (Å²) in [5.74, 6) is -0.195. The first kappa shape index (κ1) is 17.9. The van der Waals surface area contributed by atoms with E-state index in [2.05, 4.69) is 10.4 Å². The molecule has 128 valence electrons. The molecular weight excluding hydrogens is 330 g/mol. The summed E-state index contributed by atoms with van der Waals surface area (Å²) in [6.07, 6.45) is 2.94. The molecular formula is C16H19N3O4S. The summed E-state index contributed by atoms with van der Waals surface area (Å²) in [7, 11) is 1.60. The van der Waals surface area contributed by atoms with Crippen molar-refractivity contribution in [3.8, 4) is 5.75 Å². The number of nitrogens with one attached hydrogen (secondary N) is 1. The van der Waals surface area contributed by atoms with Crippen molar-refractivity contribution in [2.75, 3.05) is 18.2 Å². The largest absolute Gasteiger partial charge is 0.497 e. The van der Waals surface area contributed by atoms with Crippen molar-refractivity contribution in [1.82, 2.24) is 9.78 Å². The highest BCUT2D eigenvalue weighted by Crippen LogP contribution is 2.22. The lowest BCUT2D eigenvalue weighted by Gasteiger charge is -2.19. The molecule has 0 atom stereocenters. The topological polar surface area (TPSA) is 93.5 Å². The highest BCUT2D eigenvalue weighted by atomic mass is 32.2. The maximum atomic E-state index is 12.0. The van der Waals surface area contributed by atoms with Gasteiger partial charge in [-0.2, -0.15) is 5.10 Å². The standard InChI is InChI=1S/C16H19N3O4S/c1-16(2,15(21)22)19-9-11(8-17-19)18-14(20)10-24-13-6-4-12(23-3)5-7-13/h4-9H,10H2,1-3H3,(H,18,20)(H,21,22). The Morgan fingerprint density at radius 1 is 1.33 bits per heavy atom. The molecule has 1 aromatic heterocycles. The molecule has 8 heteroatoms. The van der Waals surface area contributed by atoms with Crippen molar-refractivity contribution in [2.24, 2.45) is 0 Å². The van der Waals surface area contributed by atoms with Crippen LogP contribution in [0.4, 0.5) is 5.69 Å². The minimum Gasteiger partial charge on any atom is -0.497 e. The minimum atomic E-state index is -1.18. The van der Waals surface area contributed by atoms with Crippen LogP contribution in [0.25, 0.3) is 0 Å². The van der Waals surface area contributed by atoms with Crippen LogP contribution >= 0.6 is 11.8 Å². The summed E-state index contributed by atoms with van der Waals surface area (Å²) in [6, 6.07) is 7.42. The van der Waals surface area contributed by atoms with E-state index >= 15 is 0 Å². The van der Waals surface area contributed by atoms with Gasteiger partial charge in [0.1, 0.15) is 5.75 Å². The highest BCUT2D eigenvalue weighted by Gasteiger charge is 2.30. The molecule has 0 aliphatic heterocycles. The Hall–Kier alpha value is -2.48. The van der Waals surface area contributed by atoms with Crippen LogP contribution in [0.5, 0.6) is 5.75 Å². The predicted octanol–water partition coefficient (Wildman–Crippen LogP) is 2.44. The third-order valence-corrected chi connectivity index (χ3v) is 4.40. The number of hydrogen-bond donors (Lipinski definition) is 2. The molecule has 7 nitrogen and oxygen atoms in total. The molecule has 24 heavy (non-hydrogen) atoms. The average molecular weight is 349 g/mol. The number of anilines is 1. The van der Waals surface area contributed by atoms with Gasteiger partial charge in [0, 0.05) is 11.1 Å². The fourth-order valence-electron chi connectivity index (χ4n) is 1.81. The summed E-state index contributed by atoms with van der Waals surface area (Å²) in [6.45, 7) is 3.07. The van der Waals surface area contributed by atoms with Crippen LogP contribution in [0.15, 0.2) is 41.6 Å². The minimum absolute atomic E-state index is 0.191. The van der Waals surface area contributed by atoms with Gasteiger partial charge in [-0.1, -0.05) is 0 Å². The van der Waals surface area contributed by atoms with Gasteiger partial charge in [0.2, 0.25) is 5.91 Å². The highest BCUT2D eigenvalue weighted by molar-refractivity contribution is 8.00. The number of ether oxygens (including phenoxy) is 1. The van der Waals surface area contributed by atoms with Crippen molar-refractivity contribution in [3.05, 3.63) is 36.7 Å². The molecule has 0 radical (unpaired) electrons. The lowest BCUT2D eigenvalue weighted by molar-refractivity contribution is -0.146. The monoisotopic (exact) mass is 349 g/mol. The number of benzene rings is 1. The smallest absolute Gasteiger partial charge is 0.331 e. The Balaban J connectivity index is 1.90. The number of aromatic nitrogens is 2. The molecule has 2 rings (SSSR count). The molecule has 2 N–H and O–H groups in total. The van der Waals surface area contributed by atoms with Gasteiger partial charge in [0.05, 0.1) is 24.7 Å². The molecule has 0 aliphatic rings. The summed E-state index contributed by atoms with van der Waals surface area (Å²) in [5, 5.41) is 15.9. The normalized spacial score (nSPS) is 11.1. The zero-order valence-corrected chi connectivity index (χ0v) is 14.5. The molecule has 0 unspecified atom stereocenters. The van der Waals surface area contributed by atoms with Gasteiger partial charge in [0.25, 0.3) is 0 Å². The SMILES string of the molecule is COc1ccc(SCC(=O)Nc2cnn(C(C)(C)C(=O)O)c2)cc1. The Kier molecular flexibility index (Phi) is 5.50. The van der Waals surface area contributed by atoms with Crippen LogP contribution in [0.2, 0.25) is 0 Å². The van der Waals surface area contributed by atoms with Crippen molar-refractivity contribution in [2.45, 2.75) is 24.3 Å². The predicted molar refractivity (Wildman–Crippen MR) is 91.5 cm³/mol. The number of carboxylic acids is 1. The fraction of sp³-hybridized carbons (Fsp3) is 0.312. The van der Waals surface area contributed by atoms with Crippen LogP contribution < -0.4 is 10.1 Å². The van der Waals surface area contributed by atoms with Gasteiger partial charge in [0.15, 0.2) is 5.54 Å². The van der Waals surface area contributed by atoms with E-state index in [1.54, 1.807) is 7.11 Å². The quantitative estimate of drug-likeness (QED) is 0.746. The summed E-state index contributed by atoms with van der Waals surface area (Å²) in [5.41, 5.74) is -0.717. The van der Waals surface area contributed by atoms with E-state index in [-0.39, 0.29) is 11.7 Å². The van der Waals surface area contributed by atoms with Crippen LogP contribution in [0.1, 0.15) is 13.8 Å². The van der Waals surface area contributed by atoms with Crippen molar-refractivity contribution in [3.63, 3.8) is 0 Å². The van der Waals surface area contributed by atoms with Crippen LogP contribution in [0, 0.1) is 0 Å². The third kappa shape index (κ3) is 4.29. The first-order valence-corrected chi connectivity index (χ1v) is 8.16. The molecule has 0 fully saturated rings. The molecule has 1 amide bonds. The second-order valence-electron chi connectivity index (χ2n) is 5.55. The number of thioether (sulfide) groups is 1.